The summed E-state index contributed by atoms with van der Waals surface area (Å²) >= 11 is 0. The van der Waals surface area contributed by atoms with Crippen LogP contribution in [0, 0.1) is 11.6 Å². The van der Waals surface area contributed by atoms with Crippen molar-refractivity contribution in [2.24, 2.45) is 0 Å². The lowest BCUT2D eigenvalue weighted by Crippen LogP contribution is -2.33. The summed E-state index contributed by atoms with van der Waals surface area (Å²) < 4.78 is 28.1. The minimum atomic E-state index is -2.03. The number of unbranched alkanes of at least 4 members (excludes halogenated alkanes) is 6. The van der Waals surface area contributed by atoms with Crippen molar-refractivity contribution in [3.63, 3.8) is 0 Å². The SMILES string of the molecule is CCCCCCCCCc1ccc(-c2ccc(B(O)O)c(F)c2F)cc1. The van der Waals surface area contributed by atoms with Gasteiger partial charge >= 0.3 is 7.12 Å². The summed E-state index contributed by atoms with van der Waals surface area (Å²) in [6.45, 7) is 2.22. The Balaban J connectivity index is 1.92. The van der Waals surface area contributed by atoms with E-state index in [2.05, 4.69) is 6.92 Å². The monoisotopic (exact) mass is 360 g/mol. The van der Waals surface area contributed by atoms with Crippen molar-refractivity contribution in [1.82, 2.24) is 0 Å². The summed E-state index contributed by atoms with van der Waals surface area (Å²) in [5, 5.41) is 18.1. The fourth-order valence-corrected chi connectivity index (χ4v) is 3.12. The van der Waals surface area contributed by atoms with E-state index in [0.717, 1.165) is 12.8 Å². The number of aryl methyl sites for hydroxylation is 1. The predicted molar refractivity (Wildman–Crippen MR) is 103 cm³/mol. The van der Waals surface area contributed by atoms with Gasteiger partial charge in [-0.3, -0.25) is 0 Å². The summed E-state index contributed by atoms with van der Waals surface area (Å²) in [7, 11) is -2.03. The smallest absolute Gasteiger partial charge is 0.423 e. The van der Waals surface area contributed by atoms with Crippen molar-refractivity contribution in [2.75, 3.05) is 0 Å². The predicted octanol–water partition coefficient (Wildman–Crippen LogP) is 4.60. The molecule has 0 amide bonds. The van der Waals surface area contributed by atoms with Crippen molar-refractivity contribution in [2.45, 2.75) is 58.3 Å². The molecule has 2 aromatic carbocycles. The van der Waals surface area contributed by atoms with Gasteiger partial charge in [0.2, 0.25) is 0 Å². The molecule has 0 heterocycles. The van der Waals surface area contributed by atoms with Gasteiger partial charge in [-0.1, -0.05) is 81.8 Å². The van der Waals surface area contributed by atoms with E-state index in [1.807, 2.05) is 12.1 Å². The largest absolute Gasteiger partial charge is 0.491 e. The van der Waals surface area contributed by atoms with Gasteiger partial charge in [0, 0.05) is 11.0 Å². The number of hydrogen-bond donors (Lipinski definition) is 2. The molecule has 2 rings (SSSR count). The molecule has 0 saturated heterocycles. The van der Waals surface area contributed by atoms with Crippen molar-refractivity contribution < 1.29 is 18.8 Å². The zero-order valence-corrected chi connectivity index (χ0v) is 15.3. The van der Waals surface area contributed by atoms with Gasteiger partial charge in [-0.25, -0.2) is 8.78 Å². The van der Waals surface area contributed by atoms with Gasteiger partial charge in [-0.05, 0) is 24.0 Å². The zero-order valence-electron chi connectivity index (χ0n) is 15.3. The Bertz CT molecular complexity index is 687. The maximum Gasteiger partial charge on any atom is 0.491 e. The Labute approximate surface area is 155 Å². The lowest BCUT2D eigenvalue weighted by Gasteiger charge is -2.09. The summed E-state index contributed by atoms with van der Waals surface area (Å²) in [6.07, 6.45) is 9.81. The Morgan fingerprint density at radius 3 is 2.00 bits per heavy atom. The minimum Gasteiger partial charge on any atom is -0.423 e. The normalized spacial score (nSPS) is 11.0. The summed E-state index contributed by atoms with van der Waals surface area (Å²) in [6, 6.07) is 10.0. The maximum absolute atomic E-state index is 14.2. The van der Waals surface area contributed by atoms with Crippen molar-refractivity contribution >= 4 is 12.6 Å². The molecular formula is C21H27BF2O2. The van der Waals surface area contributed by atoms with Crippen LogP contribution in [-0.2, 0) is 6.42 Å². The van der Waals surface area contributed by atoms with Crippen LogP contribution in [0.1, 0.15) is 57.4 Å². The second-order valence-corrected chi connectivity index (χ2v) is 6.77. The van der Waals surface area contributed by atoms with Crippen LogP contribution in [0.3, 0.4) is 0 Å². The van der Waals surface area contributed by atoms with Gasteiger partial charge < -0.3 is 10.0 Å². The third kappa shape index (κ3) is 5.65. The van der Waals surface area contributed by atoms with Crippen LogP contribution < -0.4 is 5.46 Å². The quantitative estimate of drug-likeness (QED) is 0.480. The number of halogens is 2. The molecular weight excluding hydrogens is 333 g/mol. The molecule has 2 nitrogen and oxygen atoms in total. The molecule has 0 radical (unpaired) electrons. The number of hydrogen-bond acceptors (Lipinski definition) is 2. The topological polar surface area (TPSA) is 40.5 Å². The molecule has 0 aromatic heterocycles. The molecule has 0 aliphatic carbocycles. The van der Waals surface area contributed by atoms with E-state index in [4.69, 9.17) is 10.0 Å². The second-order valence-electron chi connectivity index (χ2n) is 6.77. The molecule has 0 saturated carbocycles. The molecule has 5 heteroatoms. The molecule has 0 unspecified atom stereocenters. The Hall–Kier alpha value is -1.72. The highest BCUT2D eigenvalue weighted by molar-refractivity contribution is 6.58. The van der Waals surface area contributed by atoms with Gasteiger partial charge in [0.25, 0.3) is 0 Å². The van der Waals surface area contributed by atoms with Crippen LogP contribution in [0.5, 0.6) is 0 Å². The highest BCUT2D eigenvalue weighted by Gasteiger charge is 2.22. The fraction of sp³-hybridized carbons (Fsp3) is 0.429. The molecule has 140 valence electrons. The lowest BCUT2D eigenvalue weighted by atomic mass is 9.79. The first-order valence-corrected chi connectivity index (χ1v) is 9.48. The van der Waals surface area contributed by atoms with Gasteiger partial charge in [0.1, 0.15) is 0 Å². The third-order valence-electron chi connectivity index (χ3n) is 4.72. The van der Waals surface area contributed by atoms with Crippen LogP contribution in [0.15, 0.2) is 36.4 Å². The average molecular weight is 360 g/mol. The summed E-state index contributed by atoms with van der Waals surface area (Å²) in [5.74, 6) is -2.28. The van der Waals surface area contributed by atoms with E-state index in [0.29, 0.717) is 5.56 Å². The van der Waals surface area contributed by atoms with Gasteiger partial charge in [0.05, 0.1) is 0 Å². The lowest BCUT2D eigenvalue weighted by molar-refractivity contribution is 0.420. The van der Waals surface area contributed by atoms with Gasteiger partial charge in [-0.15, -0.1) is 0 Å². The van der Waals surface area contributed by atoms with Crippen LogP contribution in [0.2, 0.25) is 0 Å². The Morgan fingerprint density at radius 1 is 0.769 bits per heavy atom. The highest BCUT2D eigenvalue weighted by atomic mass is 19.2. The van der Waals surface area contributed by atoms with E-state index in [9.17, 15) is 8.78 Å². The first-order chi connectivity index (χ1) is 12.5. The number of rotatable bonds is 10. The van der Waals surface area contributed by atoms with E-state index in [1.54, 1.807) is 12.1 Å². The highest BCUT2D eigenvalue weighted by Crippen LogP contribution is 2.24. The summed E-state index contributed by atoms with van der Waals surface area (Å²) in [5.41, 5.74) is 1.42. The van der Waals surface area contributed by atoms with Crippen LogP contribution in [0.4, 0.5) is 8.78 Å². The van der Waals surface area contributed by atoms with Crippen LogP contribution in [0.25, 0.3) is 11.1 Å². The third-order valence-corrected chi connectivity index (χ3v) is 4.72. The molecule has 0 aliphatic heterocycles. The maximum atomic E-state index is 14.2. The first-order valence-electron chi connectivity index (χ1n) is 9.48. The summed E-state index contributed by atoms with van der Waals surface area (Å²) in [4.78, 5) is 0. The Morgan fingerprint density at radius 2 is 1.38 bits per heavy atom. The second kappa shape index (κ2) is 10.4. The van der Waals surface area contributed by atoms with E-state index in [-0.39, 0.29) is 5.56 Å². The van der Waals surface area contributed by atoms with Crippen molar-refractivity contribution in [3.05, 3.63) is 53.6 Å². The molecule has 26 heavy (non-hydrogen) atoms. The molecule has 0 aliphatic rings. The molecule has 0 spiro atoms. The number of benzene rings is 2. The minimum absolute atomic E-state index is 0.120. The van der Waals surface area contributed by atoms with Crippen LogP contribution in [-0.4, -0.2) is 17.2 Å². The van der Waals surface area contributed by atoms with E-state index < -0.39 is 24.2 Å². The van der Waals surface area contributed by atoms with Gasteiger partial charge in [0.15, 0.2) is 11.6 Å². The first kappa shape index (κ1) is 20.6. The zero-order chi connectivity index (χ0) is 18.9. The fourth-order valence-electron chi connectivity index (χ4n) is 3.12. The average Bonchev–Trinajstić information content (AvgIpc) is 2.63. The molecule has 2 N–H and O–H groups in total. The molecule has 2 aromatic rings. The van der Waals surface area contributed by atoms with Crippen molar-refractivity contribution in [1.29, 1.82) is 0 Å². The van der Waals surface area contributed by atoms with E-state index in [1.165, 1.54) is 56.2 Å². The molecule has 0 atom stereocenters. The Kier molecular flexibility index (Phi) is 8.27. The molecule has 0 fully saturated rings. The van der Waals surface area contributed by atoms with Crippen LogP contribution >= 0.6 is 0 Å². The van der Waals surface area contributed by atoms with E-state index >= 15 is 0 Å². The molecule has 0 bridgehead atoms. The standard InChI is InChI=1S/C21H27BF2O2/c1-2-3-4-5-6-7-8-9-16-10-12-17(13-11-16)18-14-15-19(22(25)26)21(24)20(18)23/h10-15,25-26H,2-9H2,1H3. The van der Waals surface area contributed by atoms with Gasteiger partial charge in [-0.2, -0.15) is 0 Å². The van der Waals surface area contributed by atoms with Crippen molar-refractivity contribution in [3.8, 4) is 11.1 Å².